The lowest BCUT2D eigenvalue weighted by Gasteiger charge is -2.32. The van der Waals surface area contributed by atoms with Crippen LogP contribution >= 0.6 is 0 Å². The molecule has 3 atom stereocenters. The van der Waals surface area contributed by atoms with Crippen molar-refractivity contribution in [3.8, 4) is 0 Å². The number of nitrogens with zero attached hydrogens (tertiary/aromatic N) is 3. The van der Waals surface area contributed by atoms with Crippen LogP contribution in [-0.4, -0.2) is 38.3 Å². The van der Waals surface area contributed by atoms with Crippen LogP contribution in [0.25, 0.3) is 0 Å². The van der Waals surface area contributed by atoms with E-state index in [4.69, 9.17) is 0 Å². The summed E-state index contributed by atoms with van der Waals surface area (Å²) in [6.07, 6.45) is 7.50. The lowest BCUT2D eigenvalue weighted by Crippen LogP contribution is -2.48. The highest BCUT2D eigenvalue weighted by Crippen LogP contribution is 2.40. The summed E-state index contributed by atoms with van der Waals surface area (Å²) in [6, 6.07) is 10.1. The Morgan fingerprint density at radius 2 is 2.04 bits per heavy atom. The molecule has 1 aromatic heterocycles. The number of rotatable bonds is 2. The molecule has 136 valence electrons. The zero-order valence-corrected chi connectivity index (χ0v) is 15.0. The van der Waals surface area contributed by atoms with Crippen LogP contribution < -0.4 is 5.32 Å². The third-order valence-electron chi connectivity index (χ3n) is 5.57. The molecule has 0 saturated carbocycles. The van der Waals surface area contributed by atoms with Crippen LogP contribution in [-0.2, 0) is 11.8 Å². The minimum absolute atomic E-state index is 0.00257. The summed E-state index contributed by atoms with van der Waals surface area (Å²) in [5.74, 6) is 0.478. The molecule has 26 heavy (non-hydrogen) atoms. The maximum atomic E-state index is 13.4. The van der Waals surface area contributed by atoms with Crippen molar-refractivity contribution in [1.29, 1.82) is 0 Å². The summed E-state index contributed by atoms with van der Waals surface area (Å²) < 4.78 is 1.76. The number of likely N-dealkylation sites (tertiary alicyclic amines) is 1. The molecule has 2 aromatic rings. The molecule has 1 aromatic carbocycles. The Morgan fingerprint density at radius 1 is 1.23 bits per heavy atom. The van der Waals surface area contributed by atoms with E-state index in [0.717, 1.165) is 31.2 Å². The average molecular weight is 352 g/mol. The first-order valence-electron chi connectivity index (χ1n) is 9.29. The van der Waals surface area contributed by atoms with Crippen molar-refractivity contribution in [2.45, 2.75) is 50.2 Å². The molecule has 3 heterocycles. The maximum Gasteiger partial charge on any atom is 0.290 e. The number of aromatic nitrogens is 2. The van der Waals surface area contributed by atoms with E-state index in [-0.39, 0.29) is 29.9 Å². The first-order chi connectivity index (χ1) is 12.6. The van der Waals surface area contributed by atoms with Crippen LogP contribution in [0.3, 0.4) is 0 Å². The molecule has 0 aliphatic carbocycles. The van der Waals surface area contributed by atoms with Crippen molar-refractivity contribution in [2.24, 2.45) is 7.05 Å². The number of nitrogens with one attached hydrogen (secondary N) is 1. The molecule has 4 rings (SSSR count). The fourth-order valence-electron chi connectivity index (χ4n) is 4.30. The second-order valence-corrected chi connectivity index (χ2v) is 7.22. The van der Waals surface area contributed by atoms with Crippen molar-refractivity contribution < 1.29 is 9.59 Å². The van der Waals surface area contributed by atoms with Gasteiger partial charge < -0.3 is 14.8 Å². The predicted molar refractivity (Wildman–Crippen MR) is 97.4 cm³/mol. The Hall–Kier alpha value is -2.63. The Morgan fingerprint density at radius 3 is 2.77 bits per heavy atom. The zero-order valence-electron chi connectivity index (χ0n) is 15.0. The van der Waals surface area contributed by atoms with E-state index < -0.39 is 0 Å². The zero-order chi connectivity index (χ0) is 18.1. The van der Waals surface area contributed by atoms with Gasteiger partial charge in [-0.25, -0.2) is 4.98 Å². The fraction of sp³-hybridized carbons (Fsp3) is 0.450. The number of hydrogen-bond donors (Lipinski definition) is 1. The third kappa shape index (κ3) is 3.00. The predicted octanol–water partition coefficient (Wildman–Crippen LogP) is 2.43. The molecular formula is C20H24N4O2. The molecule has 2 aliphatic heterocycles. The largest absolute Gasteiger partial charge is 0.351 e. The second-order valence-electron chi connectivity index (χ2n) is 7.22. The third-order valence-corrected chi connectivity index (χ3v) is 5.57. The Balaban J connectivity index is 1.73. The van der Waals surface area contributed by atoms with Gasteiger partial charge in [0.25, 0.3) is 5.91 Å². The Labute approximate surface area is 153 Å². The van der Waals surface area contributed by atoms with Gasteiger partial charge in [-0.3, -0.25) is 9.59 Å². The number of hydrogen-bond acceptors (Lipinski definition) is 3. The highest BCUT2D eigenvalue weighted by molar-refractivity contribution is 5.92. The number of amides is 2. The highest BCUT2D eigenvalue weighted by atomic mass is 16.2. The minimum atomic E-state index is -0.0614. The SMILES string of the molecule is Cn1ccnc1C(=O)N1[C@H](c2ccccc2)C[C@H]2NC(=O)CCCC[C@@H]21. The van der Waals surface area contributed by atoms with Gasteiger partial charge in [0.2, 0.25) is 5.91 Å². The topological polar surface area (TPSA) is 67.2 Å². The standard InChI is InChI=1S/C20H24N4O2/c1-23-12-11-21-19(23)20(26)24-16-9-5-6-10-18(25)22-15(16)13-17(24)14-7-3-2-4-8-14/h2-4,7-8,11-12,15-17H,5-6,9-10,13H2,1H3,(H,22,25)/t15-,16+,17+/m1/s1. The molecule has 6 heteroatoms. The minimum Gasteiger partial charge on any atom is -0.351 e. The maximum absolute atomic E-state index is 13.4. The Bertz CT molecular complexity index is 801. The van der Waals surface area contributed by atoms with Crippen LogP contribution in [0.5, 0.6) is 0 Å². The summed E-state index contributed by atoms with van der Waals surface area (Å²) in [5.41, 5.74) is 1.11. The van der Waals surface area contributed by atoms with Crippen molar-refractivity contribution in [1.82, 2.24) is 19.8 Å². The van der Waals surface area contributed by atoms with Gasteiger partial charge in [0, 0.05) is 25.9 Å². The van der Waals surface area contributed by atoms with Gasteiger partial charge in [-0.2, -0.15) is 0 Å². The van der Waals surface area contributed by atoms with E-state index in [9.17, 15) is 9.59 Å². The normalized spacial score (nSPS) is 26.0. The summed E-state index contributed by atoms with van der Waals surface area (Å²) in [5, 5.41) is 3.17. The van der Waals surface area contributed by atoms with E-state index in [1.807, 2.05) is 30.1 Å². The van der Waals surface area contributed by atoms with Gasteiger partial charge in [0.1, 0.15) is 0 Å². The molecule has 2 aliphatic rings. The van der Waals surface area contributed by atoms with Crippen molar-refractivity contribution >= 4 is 11.8 Å². The summed E-state index contributed by atoms with van der Waals surface area (Å²) in [6.45, 7) is 0. The molecule has 0 spiro atoms. The molecule has 0 bridgehead atoms. The van der Waals surface area contributed by atoms with Gasteiger partial charge in [-0.15, -0.1) is 0 Å². The number of aryl methyl sites for hydroxylation is 1. The van der Waals surface area contributed by atoms with E-state index in [1.165, 1.54) is 0 Å². The fourth-order valence-corrected chi connectivity index (χ4v) is 4.30. The van der Waals surface area contributed by atoms with E-state index >= 15 is 0 Å². The Kier molecular flexibility index (Phi) is 4.49. The summed E-state index contributed by atoms with van der Waals surface area (Å²) in [7, 11) is 1.84. The highest BCUT2D eigenvalue weighted by Gasteiger charge is 2.46. The van der Waals surface area contributed by atoms with Gasteiger partial charge in [-0.1, -0.05) is 36.8 Å². The summed E-state index contributed by atoms with van der Waals surface area (Å²) >= 11 is 0. The number of carbonyl (C=O) groups excluding carboxylic acids is 2. The number of carbonyl (C=O) groups is 2. The second kappa shape index (κ2) is 6.94. The summed E-state index contributed by atoms with van der Waals surface area (Å²) in [4.78, 5) is 31.8. The lowest BCUT2D eigenvalue weighted by molar-refractivity contribution is -0.122. The van der Waals surface area contributed by atoms with Crippen LogP contribution in [0.2, 0.25) is 0 Å². The molecule has 1 N–H and O–H groups in total. The molecular weight excluding hydrogens is 328 g/mol. The average Bonchev–Trinajstić information content (AvgIpc) is 3.21. The van der Waals surface area contributed by atoms with Gasteiger partial charge in [-0.05, 0) is 24.8 Å². The number of fused-ring (bicyclic) bond motifs is 1. The molecule has 2 fully saturated rings. The van der Waals surface area contributed by atoms with Crippen molar-refractivity contribution in [3.63, 3.8) is 0 Å². The van der Waals surface area contributed by atoms with Gasteiger partial charge in [0.15, 0.2) is 5.82 Å². The molecule has 0 unspecified atom stereocenters. The first kappa shape index (κ1) is 16.8. The van der Waals surface area contributed by atoms with Crippen LogP contribution in [0.15, 0.2) is 42.7 Å². The van der Waals surface area contributed by atoms with E-state index in [1.54, 1.807) is 17.0 Å². The van der Waals surface area contributed by atoms with Crippen LogP contribution in [0.4, 0.5) is 0 Å². The number of benzene rings is 1. The van der Waals surface area contributed by atoms with Gasteiger partial charge in [0.05, 0.1) is 18.1 Å². The lowest BCUT2D eigenvalue weighted by atomic mass is 9.97. The molecule has 2 amide bonds. The van der Waals surface area contributed by atoms with Crippen molar-refractivity contribution in [3.05, 3.63) is 54.1 Å². The molecule has 6 nitrogen and oxygen atoms in total. The smallest absolute Gasteiger partial charge is 0.290 e. The molecule has 2 saturated heterocycles. The van der Waals surface area contributed by atoms with E-state index in [0.29, 0.717) is 12.2 Å². The van der Waals surface area contributed by atoms with Gasteiger partial charge >= 0.3 is 0 Å². The quantitative estimate of drug-likeness (QED) is 0.903. The number of imidazole rings is 1. The monoisotopic (exact) mass is 352 g/mol. The van der Waals surface area contributed by atoms with Crippen molar-refractivity contribution in [2.75, 3.05) is 0 Å². The van der Waals surface area contributed by atoms with Crippen LogP contribution in [0, 0.1) is 0 Å². The van der Waals surface area contributed by atoms with E-state index in [2.05, 4.69) is 22.4 Å². The van der Waals surface area contributed by atoms with Crippen LogP contribution in [0.1, 0.15) is 54.3 Å². The first-order valence-corrected chi connectivity index (χ1v) is 9.29. The molecule has 0 radical (unpaired) electrons.